The van der Waals surface area contributed by atoms with Crippen molar-refractivity contribution in [1.82, 2.24) is 9.55 Å². The largest absolute Gasteiger partial charge is 0.340 e. The lowest BCUT2D eigenvalue weighted by molar-refractivity contribution is 0.0988. The van der Waals surface area contributed by atoms with Gasteiger partial charge >= 0.3 is 0 Å². The third kappa shape index (κ3) is 2.37. The molecule has 1 heterocycles. The zero-order chi connectivity index (χ0) is 11.5. The first kappa shape index (κ1) is 10.6. The maximum atomic E-state index is 11.8. The van der Waals surface area contributed by atoms with Crippen molar-refractivity contribution in [1.29, 1.82) is 0 Å². The first-order chi connectivity index (χ1) is 7.65. The zero-order valence-electron chi connectivity index (χ0n) is 9.47. The topological polar surface area (TPSA) is 34.9 Å². The van der Waals surface area contributed by atoms with E-state index in [-0.39, 0.29) is 5.78 Å². The molecule has 0 N–H and O–H groups in total. The van der Waals surface area contributed by atoms with E-state index in [4.69, 9.17) is 0 Å². The number of hydrogen-bond donors (Lipinski definition) is 0. The minimum Gasteiger partial charge on any atom is -0.340 e. The van der Waals surface area contributed by atoms with Crippen LogP contribution in [0, 0.1) is 6.92 Å². The number of nitrogens with zero attached hydrogens (tertiary/aromatic N) is 2. The Hall–Kier alpha value is -1.90. The molecule has 0 atom stereocenters. The molecule has 0 saturated carbocycles. The van der Waals surface area contributed by atoms with Crippen LogP contribution in [0.2, 0.25) is 0 Å². The lowest BCUT2D eigenvalue weighted by Crippen LogP contribution is -2.03. The van der Waals surface area contributed by atoms with Gasteiger partial charge in [-0.05, 0) is 12.5 Å². The first-order valence-electron chi connectivity index (χ1n) is 5.22. The number of imidazole rings is 1. The van der Waals surface area contributed by atoms with Gasteiger partial charge in [0.05, 0.1) is 6.33 Å². The molecule has 0 fully saturated rings. The van der Waals surface area contributed by atoms with Crippen molar-refractivity contribution < 1.29 is 4.79 Å². The van der Waals surface area contributed by atoms with E-state index >= 15 is 0 Å². The molecule has 0 saturated heterocycles. The minimum absolute atomic E-state index is 0.0597. The molecule has 0 amide bonds. The SMILES string of the molecule is Cc1ccc(CC(=O)c2cn(C)cn2)cc1. The molecule has 0 aliphatic carbocycles. The van der Waals surface area contributed by atoms with Gasteiger partial charge in [-0.1, -0.05) is 29.8 Å². The van der Waals surface area contributed by atoms with Gasteiger partial charge in [0, 0.05) is 19.7 Å². The number of carbonyl (C=O) groups excluding carboxylic acids is 1. The fourth-order valence-electron chi connectivity index (χ4n) is 1.54. The highest BCUT2D eigenvalue weighted by Gasteiger charge is 2.09. The van der Waals surface area contributed by atoms with Crippen LogP contribution in [0.15, 0.2) is 36.8 Å². The van der Waals surface area contributed by atoms with E-state index in [9.17, 15) is 4.79 Å². The zero-order valence-corrected chi connectivity index (χ0v) is 9.47. The third-order valence-corrected chi connectivity index (χ3v) is 2.48. The molecule has 2 rings (SSSR count). The highest BCUT2D eigenvalue weighted by Crippen LogP contribution is 2.07. The summed E-state index contributed by atoms with van der Waals surface area (Å²) in [4.78, 5) is 15.9. The van der Waals surface area contributed by atoms with Crippen molar-refractivity contribution in [2.45, 2.75) is 13.3 Å². The Morgan fingerprint density at radius 1 is 1.31 bits per heavy atom. The number of aryl methyl sites for hydroxylation is 2. The van der Waals surface area contributed by atoms with E-state index in [1.54, 1.807) is 17.1 Å². The Morgan fingerprint density at radius 3 is 2.56 bits per heavy atom. The van der Waals surface area contributed by atoms with Crippen molar-refractivity contribution in [3.63, 3.8) is 0 Å². The molecule has 0 bridgehead atoms. The van der Waals surface area contributed by atoms with Crippen LogP contribution in [0.25, 0.3) is 0 Å². The van der Waals surface area contributed by atoms with Crippen LogP contribution >= 0.6 is 0 Å². The molecule has 3 nitrogen and oxygen atoms in total. The van der Waals surface area contributed by atoms with Crippen molar-refractivity contribution in [2.75, 3.05) is 0 Å². The number of Topliss-reactive ketones (excluding diaryl/α,β-unsaturated/α-hetero) is 1. The van der Waals surface area contributed by atoms with Crippen LogP contribution in [0.4, 0.5) is 0 Å². The van der Waals surface area contributed by atoms with Gasteiger partial charge in [0.25, 0.3) is 0 Å². The van der Waals surface area contributed by atoms with Crippen LogP contribution in [-0.4, -0.2) is 15.3 Å². The smallest absolute Gasteiger partial charge is 0.187 e. The number of benzene rings is 1. The average molecular weight is 214 g/mol. The van der Waals surface area contributed by atoms with E-state index < -0.39 is 0 Å². The number of carbonyl (C=O) groups is 1. The molecule has 0 aliphatic rings. The summed E-state index contributed by atoms with van der Waals surface area (Å²) in [5, 5.41) is 0. The Kier molecular flexibility index (Phi) is 2.86. The molecule has 0 aliphatic heterocycles. The second-order valence-electron chi connectivity index (χ2n) is 4.01. The van der Waals surface area contributed by atoms with Crippen molar-refractivity contribution in [3.05, 3.63) is 53.6 Å². The Bertz CT molecular complexity index is 497. The Morgan fingerprint density at radius 2 is 2.00 bits per heavy atom. The minimum atomic E-state index is 0.0597. The van der Waals surface area contributed by atoms with Gasteiger partial charge in [-0.2, -0.15) is 0 Å². The molecule has 2 aromatic rings. The predicted molar refractivity (Wildman–Crippen MR) is 62.4 cm³/mol. The van der Waals surface area contributed by atoms with Gasteiger partial charge < -0.3 is 4.57 Å². The third-order valence-electron chi connectivity index (χ3n) is 2.48. The second kappa shape index (κ2) is 4.31. The van der Waals surface area contributed by atoms with Crippen LogP contribution in [0.1, 0.15) is 21.6 Å². The van der Waals surface area contributed by atoms with Gasteiger partial charge in [0.15, 0.2) is 5.78 Å². The Balaban J connectivity index is 2.10. The van der Waals surface area contributed by atoms with Crippen LogP contribution in [0.3, 0.4) is 0 Å². The van der Waals surface area contributed by atoms with E-state index in [0.29, 0.717) is 12.1 Å². The van der Waals surface area contributed by atoms with Crippen molar-refractivity contribution in [2.24, 2.45) is 7.05 Å². The fourth-order valence-corrected chi connectivity index (χ4v) is 1.54. The molecule has 82 valence electrons. The summed E-state index contributed by atoms with van der Waals surface area (Å²) in [6.45, 7) is 2.03. The highest BCUT2D eigenvalue weighted by molar-refractivity contribution is 5.95. The van der Waals surface area contributed by atoms with Gasteiger partial charge in [0.2, 0.25) is 0 Å². The number of hydrogen-bond acceptors (Lipinski definition) is 2. The predicted octanol–water partition coefficient (Wildman–Crippen LogP) is 2.15. The molecule has 3 heteroatoms. The normalized spacial score (nSPS) is 10.4. The van der Waals surface area contributed by atoms with Crippen molar-refractivity contribution in [3.8, 4) is 0 Å². The average Bonchev–Trinajstić information content (AvgIpc) is 2.68. The van der Waals surface area contributed by atoms with Gasteiger partial charge in [-0.15, -0.1) is 0 Å². The lowest BCUT2D eigenvalue weighted by Gasteiger charge is -1.99. The summed E-state index contributed by atoms with van der Waals surface area (Å²) in [5.41, 5.74) is 2.76. The first-order valence-corrected chi connectivity index (χ1v) is 5.22. The monoisotopic (exact) mass is 214 g/mol. The van der Waals surface area contributed by atoms with Gasteiger partial charge in [-0.3, -0.25) is 4.79 Å². The molecular weight excluding hydrogens is 200 g/mol. The van der Waals surface area contributed by atoms with E-state index in [2.05, 4.69) is 4.98 Å². The summed E-state index contributed by atoms with van der Waals surface area (Å²) in [6, 6.07) is 7.99. The molecular formula is C13H14N2O. The summed E-state index contributed by atoms with van der Waals surface area (Å²) in [5.74, 6) is 0.0597. The summed E-state index contributed by atoms with van der Waals surface area (Å²) < 4.78 is 1.78. The van der Waals surface area contributed by atoms with Gasteiger partial charge in [0.1, 0.15) is 5.69 Å². The maximum absolute atomic E-state index is 11.8. The Labute approximate surface area is 94.7 Å². The number of ketones is 1. The molecule has 1 aromatic heterocycles. The summed E-state index contributed by atoms with van der Waals surface area (Å²) >= 11 is 0. The molecule has 1 aromatic carbocycles. The highest BCUT2D eigenvalue weighted by atomic mass is 16.1. The summed E-state index contributed by atoms with van der Waals surface area (Å²) in [6.07, 6.45) is 3.80. The van der Waals surface area contributed by atoms with Crippen LogP contribution in [-0.2, 0) is 13.5 Å². The van der Waals surface area contributed by atoms with Gasteiger partial charge in [-0.25, -0.2) is 4.98 Å². The molecule has 16 heavy (non-hydrogen) atoms. The second-order valence-corrected chi connectivity index (χ2v) is 4.01. The fraction of sp³-hybridized carbons (Fsp3) is 0.231. The van der Waals surface area contributed by atoms with E-state index in [1.807, 2.05) is 38.2 Å². The molecule has 0 radical (unpaired) electrons. The standard InChI is InChI=1S/C13H14N2O/c1-10-3-5-11(6-4-10)7-13(16)12-8-15(2)9-14-12/h3-6,8-9H,7H2,1-2H3. The quantitative estimate of drug-likeness (QED) is 0.734. The molecule has 0 unspecified atom stereocenters. The van der Waals surface area contributed by atoms with Crippen LogP contribution < -0.4 is 0 Å². The lowest BCUT2D eigenvalue weighted by atomic mass is 10.1. The summed E-state index contributed by atoms with van der Waals surface area (Å²) in [7, 11) is 1.86. The molecule has 0 spiro atoms. The van der Waals surface area contributed by atoms with E-state index in [0.717, 1.165) is 5.56 Å². The number of rotatable bonds is 3. The maximum Gasteiger partial charge on any atom is 0.187 e. The van der Waals surface area contributed by atoms with Crippen LogP contribution in [0.5, 0.6) is 0 Å². The van der Waals surface area contributed by atoms with Crippen molar-refractivity contribution >= 4 is 5.78 Å². The van der Waals surface area contributed by atoms with E-state index in [1.165, 1.54) is 5.56 Å². The number of aromatic nitrogens is 2.